The van der Waals surface area contributed by atoms with E-state index in [1.54, 1.807) is 26.4 Å². The minimum absolute atomic E-state index is 0.218. The molecule has 1 aliphatic heterocycles. The second-order valence-electron chi connectivity index (χ2n) is 13.2. The monoisotopic (exact) mass is 622 g/mol. The lowest BCUT2D eigenvalue weighted by Gasteiger charge is -2.34. The summed E-state index contributed by atoms with van der Waals surface area (Å²) in [5, 5.41) is 21.4. The Morgan fingerprint density at radius 2 is 1.38 bits per heavy atom. The second kappa shape index (κ2) is 20.5. The lowest BCUT2D eigenvalue weighted by Crippen LogP contribution is -2.36. The number of hydrogen-bond acceptors (Lipinski definition) is 5. The van der Waals surface area contributed by atoms with Gasteiger partial charge in [-0.25, -0.2) is 4.39 Å². The van der Waals surface area contributed by atoms with Gasteiger partial charge in [0.2, 0.25) is 0 Å². The number of aliphatic hydroxyl groups is 1. The van der Waals surface area contributed by atoms with E-state index in [1.807, 2.05) is 12.1 Å². The molecule has 0 aliphatic carbocycles. The van der Waals surface area contributed by atoms with Crippen molar-refractivity contribution in [3.8, 4) is 17.6 Å². The van der Waals surface area contributed by atoms with E-state index in [-0.39, 0.29) is 11.7 Å². The van der Waals surface area contributed by atoms with Crippen LogP contribution in [0.3, 0.4) is 0 Å². The molecule has 3 rings (SSSR count). The molecule has 1 heterocycles. The normalized spacial score (nSPS) is 16.2. The van der Waals surface area contributed by atoms with Crippen LogP contribution in [0.4, 0.5) is 4.39 Å². The van der Waals surface area contributed by atoms with E-state index in [0.717, 1.165) is 82.1 Å². The van der Waals surface area contributed by atoms with Crippen LogP contribution in [0.25, 0.3) is 0 Å². The molecule has 250 valence electrons. The Bertz CT molecular complexity index is 1130. The van der Waals surface area contributed by atoms with E-state index in [2.05, 4.69) is 24.0 Å². The van der Waals surface area contributed by atoms with Crippen LogP contribution in [0, 0.1) is 23.1 Å². The van der Waals surface area contributed by atoms with Gasteiger partial charge in [0.25, 0.3) is 0 Å². The highest BCUT2D eigenvalue weighted by Crippen LogP contribution is 2.40. The molecule has 0 bridgehead atoms. The van der Waals surface area contributed by atoms with Crippen molar-refractivity contribution in [2.75, 3.05) is 33.9 Å². The number of halogens is 1. The zero-order chi connectivity index (χ0) is 32.3. The first-order valence-electron chi connectivity index (χ1n) is 17.8. The molecule has 2 aromatic rings. The van der Waals surface area contributed by atoms with Crippen molar-refractivity contribution in [3.63, 3.8) is 0 Å². The third-order valence-corrected chi connectivity index (χ3v) is 9.98. The van der Waals surface area contributed by atoms with Gasteiger partial charge in [-0.1, -0.05) is 102 Å². The van der Waals surface area contributed by atoms with Crippen molar-refractivity contribution >= 4 is 0 Å². The number of benzene rings is 2. The first-order chi connectivity index (χ1) is 22.0. The Morgan fingerprint density at radius 1 is 0.822 bits per heavy atom. The fraction of sp³-hybridized carbons (Fsp3) is 0.667. The predicted molar refractivity (Wildman–Crippen MR) is 182 cm³/mol. The maximum Gasteiger partial charge on any atom is 0.161 e. The molecular weight excluding hydrogens is 563 g/mol. The number of nitrogens with zero attached hydrogens (tertiary/aromatic N) is 2. The van der Waals surface area contributed by atoms with Gasteiger partial charge in [-0.15, -0.1) is 0 Å². The molecule has 0 spiro atoms. The molecule has 0 amide bonds. The quantitative estimate of drug-likeness (QED) is 0.132. The highest BCUT2D eigenvalue weighted by Gasteiger charge is 2.32. The fourth-order valence-electron chi connectivity index (χ4n) is 7.00. The smallest absolute Gasteiger partial charge is 0.161 e. The van der Waals surface area contributed by atoms with E-state index in [0.29, 0.717) is 11.5 Å². The molecular formula is C39H59FN2O3. The maximum absolute atomic E-state index is 13.3. The van der Waals surface area contributed by atoms with Crippen LogP contribution < -0.4 is 9.47 Å². The van der Waals surface area contributed by atoms with Gasteiger partial charge in [0, 0.05) is 0 Å². The molecule has 2 atom stereocenters. The van der Waals surface area contributed by atoms with Gasteiger partial charge < -0.3 is 19.5 Å². The largest absolute Gasteiger partial charge is 0.493 e. The Labute approximate surface area is 273 Å². The number of likely N-dealkylation sites (tertiary alicyclic amines) is 1. The van der Waals surface area contributed by atoms with Gasteiger partial charge in [-0.05, 0) is 93.0 Å². The van der Waals surface area contributed by atoms with Gasteiger partial charge in [-0.3, -0.25) is 0 Å². The Kier molecular flexibility index (Phi) is 16.8. The van der Waals surface area contributed by atoms with Crippen LogP contribution in [0.1, 0.15) is 133 Å². The molecule has 0 aromatic heterocycles. The fourth-order valence-corrected chi connectivity index (χ4v) is 7.00. The minimum atomic E-state index is -0.529. The summed E-state index contributed by atoms with van der Waals surface area (Å²) < 4.78 is 24.4. The van der Waals surface area contributed by atoms with Crippen LogP contribution in [-0.2, 0) is 5.41 Å². The van der Waals surface area contributed by atoms with Crippen molar-refractivity contribution < 1.29 is 19.0 Å². The van der Waals surface area contributed by atoms with Crippen LogP contribution >= 0.6 is 0 Å². The van der Waals surface area contributed by atoms with Gasteiger partial charge >= 0.3 is 0 Å². The van der Waals surface area contributed by atoms with E-state index in [1.165, 1.54) is 69.9 Å². The van der Waals surface area contributed by atoms with Crippen molar-refractivity contribution in [2.24, 2.45) is 5.92 Å². The summed E-state index contributed by atoms with van der Waals surface area (Å²) in [5.41, 5.74) is 1.33. The maximum atomic E-state index is 13.3. The third kappa shape index (κ3) is 11.9. The summed E-state index contributed by atoms with van der Waals surface area (Å²) >= 11 is 0. The van der Waals surface area contributed by atoms with Gasteiger partial charge in [0.05, 0.1) is 31.8 Å². The topological polar surface area (TPSA) is 65.7 Å². The standard InChI is InChI=1S/C39H59FN2O3/c1-4-5-6-7-8-9-10-11-12-14-25-39(31-41,34-19-22-36(44-2)37(30-34)45-3)26-15-13-16-27-42-28-23-33(24-29-42)38(43)32-17-20-35(40)21-18-32/h17-22,30,33,38,43H,4-16,23-29H2,1-3H3. The molecule has 0 radical (unpaired) electrons. The van der Waals surface area contributed by atoms with E-state index in [4.69, 9.17) is 9.47 Å². The molecule has 6 heteroatoms. The van der Waals surface area contributed by atoms with Crippen molar-refractivity contribution in [3.05, 3.63) is 59.4 Å². The zero-order valence-corrected chi connectivity index (χ0v) is 28.4. The number of unbranched alkanes of at least 4 members (excludes halogenated alkanes) is 11. The molecule has 0 saturated carbocycles. The molecule has 1 N–H and O–H groups in total. The highest BCUT2D eigenvalue weighted by molar-refractivity contribution is 5.47. The molecule has 2 aromatic carbocycles. The summed E-state index contributed by atoms with van der Waals surface area (Å²) in [6.45, 7) is 5.28. The molecule has 5 nitrogen and oxygen atoms in total. The molecule has 2 unspecified atom stereocenters. The molecule has 1 saturated heterocycles. The van der Waals surface area contributed by atoms with Gasteiger partial charge in [0.15, 0.2) is 11.5 Å². The van der Waals surface area contributed by atoms with E-state index in [9.17, 15) is 14.8 Å². The number of ether oxygens (including phenoxy) is 2. The number of aliphatic hydroxyl groups excluding tert-OH is 1. The minimum Gasteiger partial charge on any atom is -0.493 e. The summed E-state index contributed by atoms with van der Waals surface area (Å²) in [6.07, 6.45) is 19.2. The average Bonchev–Trinajstić information content (AvgIpc) is 3.08. The lowest BCUT2D eigenvalue weighted by atomic mass is 9.73. The summed E-state index contributed by atoms with van der Waals surface area (Å²) in [6, 6.07) is 15.0. The van der Waals surface area contributed by atoms with Gasteiger partial charge in [0.1, 0.15) is 5.82 Å². The van der Waals surface area contributed by atoms with E-state index < -0.39 is 11.5 Å². The summed E-state index contributed by atoms with van der Waals surface area (Å²) in [5.74, 6) is 1.33. The van der Waals surface area contributed by atoms with Gasteiger partial charge in [-0.2, -0.15) is 5.26 Å². The first-order valence-corrected chi connectivity index (χ1v) is 17.8. The second-order valence-corrected chi connectivity index (χ2v) is 13.2. The third-order valence-electron chi connectivity index (χ3n) is 9.98. The summed E-state index contributed by atoms with van der Waals surface area (Å²) in [4.78, 5) is 2.50. The number of nitriles is 1. The number of methoxy groups -OCH3 is 2. The Hall–Kier alpha value is -2.62. The Morgan fingerprint density at radius 3 is 1.93 bits per heavy atom. The van der Waals surface area contributed by atoms with Crippen LogP contribution in [0.15, 0.2) is 42.5 Å². The van der Waals surface area contributed by atoms with Crippen LogP contribution in [-0.4, -0.2) is 43.9 Å². The summed E-state index contributed by atoms with van der Waals surface area (Å²) in [7, 11) is 3.30. The molecule has 1 fully saturated rings. The Balaban J connectivity index is 1.46. The number of rotatable bonds is 22. The van der Waals surface area contributed by atoms with Crippen molar-refractivity contribution in [1.29, 1.82) is 5.26 Å². The van der Waals surface area contributed by atoms with Crippen LogP contribution in [0.2, 0.25) is 0 Å². The molecule has 45 heavy (non-hydrogen) atoms. The van der Waals surface area contributed by atoms with E-state index >= 15 is 0 Å². The predicted octanol–water partition coefficient (Wildman–Crippen LogP) is 9.92. The number of hydrogen-bond donors (Lipinski definition) is 1. The highest BCUT2D eigenvalue weighted by atomic mass is 19.1. The zero-order valence-electron chi connectivity index (χ0n) is 28.4. The average molecular weight is 623 g/mol. The first kappa shape index (κ1) is 36.8. The SMILES string of the molecule is CCCCCCCCCCCCC(C#N)(CCCCCN1CCC(C(O)c2ccc(F)cc2)CC1)c1ccc(OC)c(OC)c1. The number of piperidine rings is 1. The lowest BCUT2D eigenvalue weighted by molar-refractivity contribution is 0.0583. The molecule has 1 aliphatic rings. The van der Waals surface area contributed by atoms with Crippen molar-refractivity contribution in [2.45, 2.75) is 128 Å². The van der Waals surface area contributed by atoms with Crippen LogP contribution in [0.5, 0.6) is 11.5 Å². The van der Waals surface area contributed by atoms with Crippen molar-refractivity contribution in [1.82, 2.24) is 4.90 Å².